The molecule has 17 heavy (non-hydrogen) atoms. The average Bonchev–Trinajstić information content (AvgIpc) is 2.32. The summed E-state index contributed by atoms with van der Waals surface area (Å²) < 4.78 is 9.23. The van der Waals surface area contributed by atoms with Gasteiger partial charge in [0.25, 0.3) is 0 Å². The van der Waals surface area contributed by atoms with Crippen LogP contribution in [-0.4, -0.2) is 49.3 Å². The van der Waals surface area contributed by atoms with Gasteiger partial charge in [0.05, 0.1) is 13.1 Å². The summed E-state index contributed by atoms with van der Waals surface area (Å²) in [5.74, 6) is -2.72. The van der Waals surface area contributed by atoms with E-state index < -0.39 is 36.5 Å². The Labute approximate surface area is 97.8 Å². The summed E-state index contributed by atoms with van der Waals surface area (Å²) >= 11 is 0. The van der Waals surface area contributed by atoms with Crippen molar-refractivity contribution in [1.29, 1.82) is 0 Å². The lowest BCUT2D eigenvalue weighted by Gasteiger charge is -2.23. The first-order valence-corrected chi connectivity index (χ1v) is 4.80. The van der Waals surface area contributed by atoms with Crippen molar-refractivity contribution in [2.45, 2.75) is 6.92 Å². The SMILES string of the molecule is CC(COC(=O)CN)(COC(=O)CN)C(=O)O. The molecule has 0 heterocycles. The molecule has 0 aliphatic carbocycles. The lowest BCUT2D eigenvalue weighted by molar-refractivity contribution is -0.164. The van der Waals surface area contributed by atoms with Crippen LogP contribution in [0.3, 0.4) is 0 Å². The molecular weight excluding hydrogens is 232 g/mol. The molecule has 0 amide bonds. The number of carbonyl (C=O) groups is 3. The van der Waals surface area contributed by atoms with Gasteiger partial charge in [0.2, 0.25) is 0 Å². The number of nitrogens with two attached hydrogens (primary N) is 2. The van der Waals surface area contributed by atoms with Gasteiger partial charge in [-0.1, -0.05) is 0 Å². The summed E-state index contributed by atoms with van der Waals surface area (Å²) in [6.07, 6.45) is 0. The van der Waals surface area contributed by atoms with E-state index in [2.05, 4.69) is 9.47 Å². The molecule has 98 valence electrons. The Kier molecular flexibility index (Phi) is 6.15. The lowest BCUT2D eigenvalue weighted by atomic mass is 9.93. The van der Waals surface area contributed by atoms with Crippen LogP contribution in [0.25, 0.3) is 0 Å². The molecule has 0 aliphatic heterocycles. The maximum atomic E-state index is 11.0. The van der Waals surface area contributed by atoms with Crippen LogP contribution in [0, 0.1) is 5.41 Å². The fourth-order valence-corrected chi connectivity index (χ4v) is 0.763. The number of rotatable bonds is 7. The van der Waals surface area contributed by atoms with Crippen molar-refractivity contribution in [1.82, 2.24) is 0 Å². The van der Waals surface area contributed by atoms with Crippen LogP contribution in [0.2, 0.25) is 0 Å². The van der Waals surface area contributed by atoms with Crippen LogP contribution in [0.4, 0.5) is 0 Å². The van der Waals surface area contributed by atoms with Crippen LogP contribution in [0.5, 0.6) is 0 Å². The largest absolute Gasteiger partial charge is 0.481 e. The number of aliphatic carboxylic acids is 1. The molecular formula is C9H16N2O6. The van der Waals surface area contributed by atoms with E-state index in [0.717, 1.165) is 0 Å². The molecule has 0 spiro atoms. The van der Waals surface area contributed by atoms with E-state index in [1.807, 2.05) is 0 Å². The van der Waals surface area contributed by atoms with Crippen molar-refractivity contribution in [3.63, 3.8) is 0 Å². The van der Waals surface area contributed by atoms with E-state index in [4.69, 9.17) is 16.6 Å². The smallest absolute Gasteiger partial charge is 0.319 e. The number of hydrogen-bond acceptors (Lipinski definition) is 7. The van der Waals surface area contributed by atoms with E-state index in [1.54, 1.807) is 0 Å². The first-order valence-electron chi connectivity index (χ1n) is 4.80. The molecule has 5 N–H and O–H groups in total. The minimum absolute atomic E-state index is 0.349. The second-order valence-electron chi connectivity index (χ2n) is 3.60. The predicted octanol–water partition coefficient (Wildman–Crippen LogP) is -1.92. The van der Waals surface area contributed by atoms with Gasteiger partial charge in [-0.05, 0) is 6.92 Å². The Bertz CT molecular complexity index is 284. The van der Waals surface area contributed by atoms with Gasteiger partial charge < -0.3 is 26.0 Å². The fourth-order valence-electron chi connectivity index (χ4n) is 0.763. The first-order chi connectivity index (χ1) is 7.85. The zero-order valence-electron chi connectivity index (χ0n) is 9.47. The highest BCUT2D eigenvalue weighted by Crippen LogP contribution is 2.18. The normalized spacial score (nSPS) is 10.8. The number of hydrogen-bond donors (Lipinski definition) is 3. The van der Waals surface area contributed by atoms with E-state index >= 15 is 0 Å². The van der Waals surface area contributed by atoms with Crippen molar-refractivity contribution in [2.24, 2.45) is 16.9 Å². The molecule has 8 nitrogen and oxygen atoms in total. The molecule has 0 aromatic carbocycles. The Morgan fingerprint density at radius 1 is 1.06 bits per heavy atom. The molecule has 0 aromatic heterocycles. The Balaban J connectivity index is 4.41. The minimum Gasteiger partial charge on any atom is -0.481 e. The highest BCUT2D eigenvalue weighted by Gasteiger charge is 2.36. The molecule has 0 rings (SSSR count). The topological polar surface area (TPSA) is 142 Å². The Hall–Kier alpha value is -1.67. The quantitative estimate of drug-likeness (QED) is 0.442. The number of carboxylic acids is 1. The highest BCUT2D eigenvalue weighted by atomic mass is 16.6. The Morgan fingerprint density at radius 3 is 1.65 bits per heavy atom. The third-order valence-corrected chi connectivity index (χ3v) is 1.95. The molecule has 0 saturated heterocycles. The predicted molar refractivity (Wildman–Crippen MR) is 55.8 cm³/mol. The van der Waals surface area contributed by atoms with Crippen molar-refractivity contribution in [3.05, 3.63) is 0 Å². The first kappa shape index (κ1) is 15.3. The van der Waals surface area contributed by atoms with Crippen molar-refractivity contribution >= 4 is 17.9 Å². The zero-order valence-corrected chi connectivity index (χ0v) is 9.47. The van der Waals surface area contributed by atoms with Gasteiger partial charge in [0, 0.05) is 0 Å². The second-order valence-corrected chi connectivity index (χ2v) is 3.60. The maximum absolute atomic E-state index is 11.0. The van der Waals surface area contributed by atoms with Crippen LogP contribution in [0.1, 0.15) is 6.92 Å². The summed E-state index contributed by atoms with van der Waals surface area (Å²) in [5, 5.41) is 8.96. The van der Waals surface area contributed by atoms with Crippen molar-refractivity contribution < 1.29 is 29.0 Å². The third-order valence-electron chi connectivity index (χ3n) is 1.95. The zero-order chi connectivity index (χ0) is 13.5. The van der Waals surface area contributed by atoms with Gasteiger partial charge in [0.1, 0.15) is 18.6 Å². The van der Waals surface area contributed by atoms with E-state index in [-0.39, 0.29) is 13.1 Å². The van der Waals surface area contributed by atoms with Gasteiger partial charge >= 0.3 is 17.9 Å². The molecule has 0 bridgehead atoms. The number of ether oxygens (including phenoxy) is 2. The average molecular weight is 248 g/mol. The summed E-state index contributed by atoms with van der Waals surface area (Å²) in [6, 6.07) is 0. The molecule has 8 heteroatoms. The number of carbonyl (C=O) groups excluding carboxylic acids is 2. The van der Waals surface area contributed by atoms with Crippen molar-refractivity contribution in [3.8, 4) is 0 Å². The maximum Gasteiger partial charge on any atom is 0.319 e. The molecule has 0 aliphatic rings. The van der Waals surface area contributed by atoms with Gasteiger partial charge in [-0.25, -0.2) is 0 Å². The minimum atomic E-state index is -1.52. The Morgan fingerprint density at radius 2 is 1.41 bits per heavy atom. The summed E-state index contributed by atoms with van der Waals surface area (Å²) in [7, 11) is 0. The van der Waals surface area contributed by atoms with Gasteiger partial charge in [-0.3, -0.25) is 14.4 Å². The molecule has 0 unspecified atom stereocenters. The van der Waals surface area contributed by atoms with Crippen LogP contribution < -0.4 is 11.5 Å². The third kappa shape index (κ3) is 5.27. The number of carboxylic acid groups (broad SMARTS) is 1. The summed E-state index contributed by atoms with van der Waals surface area (Å²) in [5.41, 5.74) is 8.48. The molecule has 0 radical (unpaired) electrons. The number of esters is 2. The highest BCUT2D eigenvalue weighted by molar-refractivity contribution is 5.77. The molecule has 0 fully saturated rings. The van der Waals surface area contributed by atoms with E-state index in [1.165, 1.54) is 6.92 Å². The fraction of sp³-hybridized carbons (Fsp3) is 0.667. The summed E-state index contributed by atoms with van der Waals surface area (Å²) in [4.78, 5) is 32.6. The molecule has 0 saturated carbocycles. The van der Waals surface area contributed by atoms with Crippen LogP contribution in [0.15, 0.2) is 0 Å². The van der Waals surface area contributed by atoms with Gasteiger partial charge in [0.15, 0.2) is 0 Å². The summed E-state index contributed by atoms with van der Waals surface area (Å²) in [6.45, 7) is -0.286. The van der Waals surface area contributed by atoms with Crippen molar-refractivity contribution in [2.75, 3.05) is 26.3 Å². The monoisotopic (exact) mass is 248 g/mol. The van der Waals surface area contributed by atoms with Gasteiger partial charge in [-0.2, -0.15) is 0 Å². The second kappa shape index (κ2) is 6.81. The van der Waals surface area contributed by atoms with Crippen LogP contribution >= 0.6 is 0 Å². The standard InChI is InChI=1S/C9H16N2O6/c1-9(8(14)15,4-16-6(12)2-10)5-17-7(13)3-11/h2-5,10-11H2,1H3,(H,14,15). The van der Waals surface area contributed by atoms with E-state index in [9.17, 15) is 14.4 Å². The molecule has 0 atom stereocenters. The van der Waals surface area contributed by atoms with E-state index in [0.29, 0.717) is 0 Å². The van der Waals surface area contributed by atoms with Gasteiger partial charge in [-0.15, -0.1) is 0 Å². The van der Waals surface area contributed by atoms with Crippen LogP contribution in [-0.2, 0) is 23.9 Å². The lowest BCUT2D eigenvalue weighted by Crippen LogP contribution is -2.40. The molecule has 0 aromatic rings.